The number of likely N-dealkylation sites (N-methyl/N-ethyl adjacent to an activating group) is 1. The van der Waals surface area contributed by atoms with Crippen LogP contribution in [0.15, 0.2) is 24.3 Å². The second-order valence-corrected chi connectivity index (χ2v) is 5.92. The zero-order valence-electron chi connectivity index (χ0n) is 12.9. The molecule has 0 aliphatic rings. The number of para-hydroxylation sites is 2. The van der Waals surface area contributed by atoms with Gasteiger partial charge in [-0.1, -0.05) is 12.1 Å². The third-order valence-electron chi connectivity index (χ3n) is 3.33. The van der Waals surface area contributed by atoms with Crippen LogP contribution in [0.3, 0.4) is 0 Å². The summed E-state index contributed by atoms with van der Waals surface area (Å²) in [6, 6.07) is 7.82. The first-order valence-corrected chi connectivity index (χ1v) is 7.33. The molecule has 2 rings (SSSR count). The van der Waals surface area contributed by atoms with Crippen LogP contribution in [0.4, 0.5) is 0 Å². The van der Waals surface area contributed by atoms with E-state index in [2.05, 4.69) is 9.97 Å². The number of aliphatic hydroxyl groups is 1. The number of fused-ring (bicyclic) bond motifs is 1. The molecule has 0 saturated carbocycles. The molecular formula is C16H23N3O2. The average Bonchev–Trinajstić information content (AvgIpc) is 2.84. The summed E-state index contributed by atoms with van der Waals surface area (Å²) in [5.74, 6) is 0.865. The minimum Gasteiger partial charge on any atom is -0.389 e. The second kappa shape index (κ2) is 6.26. The number of aromatic amines is 1. The fraction of sp³-hybridized carbons (Fsp3) is 0.500. The molecule has 0 bridgehead atoms. The van der Waals surface area contributed by atoms with Crippen molar-refractivity contribution in [3.8, 4) is 0 Å². The van der Waals surface area contributed by atoms with Crippen LogP contribution in [0.2, 0.25) is 0 Å². The first-order valence-electron chi connectivity index (χ1n) is 7.33. The highest BCUT2D eigenvalue weighted by Gasteiger charge is 2.21. The summed E-state index contributed by atoms with van der Waals surface area (Å²) < 4.78 is 0. The number of carbonyl (C=O) groups excluding carboxylic acids is 1. The molecule has 1 amide bonds. The van der Waals surface area contributed by atoms with E-state index in [4.69, 9.17) is 0 Å². The zero-order valence-corrected chi connectivity index (χ0v) is 12.9. The highest BCUT2D eigenvalue weighted by molar-refractivity contribution is 5.77. The van der Waals surface area contributed by atoms with Crippen LogP contribution in [0.25, 0.3) is 11.0 Å². The first kappa shape index (κ1) is 15.5. The van der Waals surface area contributed by atoms with Crippen LogP contribution in [0.5, 0.6) is 0 Å². The Balaban J connectivity index is 1.96. The summed E-state index contributed by atoms with van der Waals surface area (Å²) in [6.07, 6.45) is 0.972. The van der Waals surface area contributed by atoms with E-state index >= 15 is 0 Å². The Bertz CT molecular complexity index is 580. The van der Waals surface area contributed by atoms with Gasteiger partial charge in [0.15, 0.2) is 0 Å². The van der Waals surface area contributed by atoms with Crippen molar-refractivity contribution in [2.45, 2.75) is 39.2 Å². The van der Waals surface area contributed by atoms with Crippen molar-refractivity contribution < 1.29 is 9.90 Å². The van der Waals surface area contributed by atoms with Gasteiger partial charge < -0.3 is 15.0 Å². The highest BCUT2D eigenvalue weighted by Crippen LogP contribution is 2.12. The van der Waals surface area contributed by atoms with Crippen molar-refractivity contribution >= 4 is 16.9 Å². The fourth-order valence-corrected chi connectivity index (χ4v) is 2.35. The minimum absolute atomic E-state index is 0.0417. The smallest absolute Gasteiger partial charge is 0.223 e. The summed E-state index contributed by atoms with van der Waals surface area (Å²) in [5.41, 5.74) is 1.04. The van der Waals surface area contributed by atoms with Gasteiger partial charge in [-0.25, -0.2) is 4.98 Å². The lowest BCUT2D eigenvalue weighted by molar-refractivity contribution is -0.133. The Morgan fingerprint density at radius 2 is 2.10 bits per heavy atom. The van der Waals surface area contributed by atoms with E-state index in [-0.39, 0.29) is 5.91 Å². The number of benzene rings is 1. The van der Waals surface area contributed by atoms with E-state index < -0.39 is 5.60 Å². The standard InChI is InChI=1S/C16H23N3O2/c1-4-19(11-16(2,3)21)15(20)10-9-14-17-12-7-5-6-8-13(12)18-14/h5-8,21H,4,9-11H2,1-3H3,(H,17,18). The summed E-state index contributed by atoms with van der Waals surface area (Å²) in [5, 5.41) is 9.84. The number of hydrogen-bond acceptors (Lipinski definition) is 3. The number of rotatable bonds is 6. The molecule has 1 aromatic carbocycles. The number of amides is 1. The maximum Gasteiger partial charge on any atom is 0.223 e. The minimum atomic E-state index is -0.870. The molecule has 0 saturated heterocycles. The second-order valence-electron chi connectivity index (χ2n) is 5.92. The van der Waals surface area contributed by atoms with Crippen molar-refractivity contribution in [1.82, 2.24) is 14.9 Å². The van der Waals surface area contributed by atoms with Crippen LogP contribution < -0.4 is 0 Å². The first-order chi connectivity index (χ1) is 9.89. The summed E-state index contributed by atoms with van der Waals surface area (Å²) in [7, 11) is 0. The van der Waals surface area contributed by atoms with E-state index in [1.165, 1.54) is 0 Å². The molecule has 1 aromatic heterocycles. The molecule has 0 atom stereocenters. The van der Waals surface area contributed by atoms with Gasteiger partial charge in [-0.05, 0) is 32.9 Å². The van der Waals surface area contributed by atoms with E-state index in [0.717, 1.165) is 16.9 Å². The Hall–Kier alpha value is -1.88. The van der Waals surface area contributed by atoms with Crippen molar-refractivity contribution in [1.29, 1.82) is 0 Å². The molecule has 0 spiro atoms. The third kappa shape index (κ3) is 4.29. The zero-order chi connectivity index (χ0) is 15.5. The monoisotopic (exact) mass is 289 g/mol. The molecule has 5 heteroatoms. The Labute approximate surface area is 125 Å². The van der Waals surface area contributed by atoms with Crippen LogP contribution in [-0.4, -0.2) is 44.6 Å². The van der Waals surface area contributed by atoms with Crippen molar-refractivity contribution in [2.24, 2.45) is 0 Å². The van der Waals surface area contributed by atoms with Crippen LogP contribution in [0.1, 0.15) is 33.0 Å². The number of H-pyrrole nitrogens is 1. The Morgan fingerprint density at radius 1 is 1.38 bits per heavy atom. The number of nitrogens with zero attached hydrogens (tertiary/aromatic N) is 2. The van der Waals surface area contributed by atoms with Crippen LogP contribution >= 0.6 is 0 Å². The van der Waals surface area contributed by atoms with Crippen LogP contribution in [-0.2, 0) is 11.2 Å². The molecular weight excluding hydrogens is 266 g/mol. The molecule has 5 nitrogen and oxygen atoms in total. The molecule has 0 unspecified atom stereocenters. The van der Waals surface area contributed by atoms with Crippen molar-refractivity contribution in [3.63, 3.8) is 0 Å². The lowest BCUT2D eigenvalue weighted by atomic mass is 10.1. The summed E-state index contributed by atoms with van der Waals surface area (Å²) in [6.45, 7) is 6.29. The maximum atomic E-state index is 12.2. The summed E-state index contributed by atoms with van der Waals surface area (Å²) in [4.78, 5) is 21.6. The lowest BCUT2D eigenvalue weighted by Crippen LogP contribution is -2.42. The largest absolute Gasteiger partial charge is 0.389 e. The molecule has 21 heavy (non-hydrogen) atoms. The van der Waals surface area contributed by atoms with Gasteiger partial charge in [0.05, 0.1) is 16.6 Å². The van der Waals surface area contributed by atoms with Gasteiger partial charge in [-0.3, -0.25) is 4.79 Å². The van der Waals surface area contributed by atoms with Gasteiger partial charge in [-0.15, -0.1) is 0 Å². The fourth-order valence-electron chi connectivity index (χ4n) is 2.35. The number of nitrogens with one attached hydrogen (secondary N) is 1. The van der Waals surface area contributed by atoms with E-state index in [9.17, 15) is 9.90 Å². The predicted molar refractivity (Wildman–Crippen MR) is 83.0 cm³/mol. The molecule has 0 aliphatic heterocycles. The van der Waals surface area contributed by atoms with Gasteiger partial charge in [0.1, 0.15) is 5.82 Å². The molecule has 0 radical (unpaired) electrons. The predicted octanol–water partition coefficient (Wildman–Crippen LogP) is 2.11. The Morgan fingerprint density at radius 3 is 2.71 bits per heavy atom. The molecule has 0 fully saturated rings. The third-order valence-corrected chi connectivity index (χ3v) is 3.33. The lowest BCUT2D eigenvalue weighted by Gasteiger charge is -2.28. The maximum absolute atomic E-state index is 12.2. The Kier molecular flexibility index (Phi) is 4.63. The van der Waals surface area contributed by atoms with E-state index in [0.29, 0.717) is 25.9 Å². The number of carbonyl (C=O) groups is 1. The topological polar surface area (TPSA) is 69.2 Å². The number of aromatic nitrogens is 2. The van der Waals surface area contributed by atoms with Crippen molar-refractivity contribution in [2.75, 3.05) is 13.1 Å². The molecule has 1 heterocycles. The molecule has 2 N–H and O–H groups in total. The van der Waals surface area contributed by atoms with Gasteiger partial charge in [-0.2, -0.15) is 0 Å². The molecule has 114 valence electrons. The number of imidazole rings is 1. The van der Waals surface area contributed by atoms with Gasteiger partial charge in [0, 0.05) is 25.9 Å². The number of aryl methyl sites for hydroxylation is 1. The molecule has 0 aliphatic carbocycles. The van der Waals surface area contributed by atoms with Crippen molar-refractivity contribution in [3.05, 3.63) is 30.1 Å². The van der Waals surface area contributed by atoms with E-state index in [1.807, 2.05) is 31.2 Å². The SMILES string of the molecule is CCN(CC(C)(C)O)C(=O)CCc1nc2ccccc2[nH]1. The van der Waals surface area contributed by atoms with Crippen LogP contribution in [0, 0.1) is 0 Å². The number of hydrogen-bond donors (Lipinski definition) is 2. The van der Waals surface area contributed by atoms with Gasteiger partial charge >= 0.3 is 0 Å². The summed E-state index contributed by atoms with van der Waals surface area (Å²) >= 11 is 0. The quantitative estimate of drug-likeness (QED) is 0.855. The average molecular weight is 289 g/mol. The normalized spacial score (nSPS) is 11.8. The highest BCUT2D eigenvalue weighted by atomic mass is 16.3. The molecule has 2 aromatic rings. The van der Waals surface area contributed by atoms with E-state index in [1.54, 1.807) is 18.7 Å². The van der Waals surface area contributed by atoms with Gasteiger partial charge in [0.2, 0.25) is 5.91 Å². The van der Waals surface area contributed by atoms with Gasteiger partial charge in [0.25, 0.3) is 0 Å².